The van der Waals surface area contributed by atoms with Gasteiger partial charge in [0.05, 0.1) is 13.2 Å². The maximum absolute atomic E-state index is 11.8. The molecule has 0 unspecified atom stereocenters. The van der Waals surface area contributed by atoms with Crippen molar-refractivity contribution in [3.05, 3.63) is 59.3 Å². The molecular formula is C21H25N3O3S. The molecule has 0 heterocycles. The Balaban J connectivity index is 1.69. The van der Waals surface area contributed by atoms with Crippen molar-refractivity contribution < 1.29 is 14.3 Å². The number of esters is 1. The van der Waals surface area contributed by atoms with Gasteiger partial charge >= 0.3 is 5.97 Å². The molecule has 5 N–H and O–H groups in total. The zero-order chi connectivity index (χ0) is 19.9. The Morgan fingerprint density at radius 2 is 1.93 bits per heavy atom. The largest absolute Gasteiger partial charge is 0.493 e. The Kier molecular flexibility index (Phi) is 6.84. The lowest BCUT2D eigenvalue weighted by molar-refractivity contribution is -0.139. The molecule has 6 nitrogen and oxygen atoms in total. The summed E-state index contributed by atoms with van der Waals surface area (Å²) in [6, 6.07) is 16.0. The van der Waals surface area contributed by atoms with E-state index < -0.39 is 5.97 Å². The average Bonchev–Trinajstić information content (AvgIpc) is 3.52. The third kappa shape index (κ3) is 5.43. The third-order valence-electron chi connectivity index (χ3n) is 4.30. The SMILES string of the molecule is CCOC(=O)/C(NN)=C(/N)Sc1ccc(-c2cccc(OCC3CC3)c2)cc1. The van der Waals surface area contributed by atoms with Crippen LogP contribution in [0.2, 0.25) is 0 Å². The van der Waals surface area contributed by atoms with E-state index in [2.05, 4.69) is 17.6 Å². The van der Waals surface area contributed by atoms with Crippen LogP contribution in [0.3, 0.4) is 0 Å². The monoisotopic (exact) mass is 399 g/mol. The first-order valence-corrected chi connectivity index (χ1v) is 10.1. The zero-order valence-corrected chi connectivity index (χ0v) is 16.6. The van der Waals surface area contributed by atoms with Crippen molar-refractivity contribution in [3.8, 4) is 16.9 Å². The highest BCUT2D eigenvalue weighted by molar-refractivity contribution is 8.03. The zero-order valence-electron chi connectivity index (χ0n) is 15.8. The number of benzene rings is 2. The molecule has 1 fully saturated rings. The molecule has 28 heavy (non-hydrogen) atoms. The van der Waals surface area contributed by atoms with E-state index in [0.29, 0.717) is 0 Å². The van der Waals surface area contributed by atoms with E-state index >= 15 is 0 Å². The highest BCUT2D eigenvalue weighted by Crippen LogP contribution is 2.32. The summed E-state index contributed by atoms with van der Waals surface area (Å²) in [6.07, 6.45) is 2.54. The van der Waals surface area contributed by atoms with Gasteiger partial charge in [-0.15, -0.1) is 0 Å². The quantitative estimate of drug-likeness (QED) is 0.195. The van der Waals surface area contributed by atoms with Crippen LogP contribution < -0.4 is 21.7 Å². The van der Waals surface area contributed by atoms with Crippen LogP contribution in [0.25, 0.3) is 11.1 Å². The minimum absolute atomic E-state index is 0.0523. The fourth-order valence-corrected chi connectivity index (χ4v) is 3.36. The summed E-state index contributed by atoms with van der Waals surface area (Å²) in [4.78, 5) is 12.7. The molecule has 7 heteroatoms. The maximum Gasteiger partial charge on any atom is 0.358 e. The van der Waals surface area contributed by atoms with Gasteiger partial charge in [-0.25, -0.2) is 4.79 Å². The number of nitrogens with two attached hydrogens (primary N) is 2. The lowest BCUT2D eigenvalue weighted by Gasteiger charge is -2.11. The van der Waals surface area contributed by atoms with Gasteiger partial charge in [0, 0.05) is 4.90 Å². The van der Waals surface area contributed by atoms with Crippen molar-refractivity contribution in [3.63, 3.8) is 0 Å². The Morgan fingerprint density at radius 3 is 2.57 bits per heavy atom. The summed E-state index contributed by atoms with van der Waals surface area (Å²) in [5.41, 5.74) is 10.5. The Bertz CT molecular complexity index is 848. The fraction of sp³-hybridized carbons (Fsp3) is 0.286. The maximum atomic E-state index is 11.8. The first kappa shape index (κ1) is 20.1. The van der Waals surface area contributed by atoms with Crippen molar-refractivity contribution in [2.45, 2.75) is 24.7 Å². The Labute approximate surface area is 169 Å². The van der Waals surface area contributed by atoms with E-state index in [1.54, 1.807) is 6.92 Å². The van der Waals surface area contributed by atoms with Gasteiger partial charge in [0.1, 0.15) is 10.8 Å². The molecule has 0 atom stereocenters. The molecule has 1 aliphatic rings. The normalized spacial score (nSPS) is 14.2. The van der Waals surface area contributed by atoms with Gasteiger partial charge in [-0.2, -0.15) is 0 Å². The molecule has 0 spiro atoms. The predicted octanol–water partition coefficient (Wildman–Crippen LogP) is 3.39. The summed E-state index contributed by atoms with van der Waals surface area (Å²) >= 11 is 1.25. The number of rotatable bonds is 9. The lowest BCUT2D eigenvalue weighted by atomic mass is 10.1. The minimum atomic E-state index is -0.574. The molecule has 1 saturated carbocycles. The molecular weight excluding hydrogens is 374 g/mol. The van der Waals surface area contributed by atoms with Crippen LogP contribution in [-0.2, 0) is 9.53 Å². The molecule has 0 saturated heterocycles. The van der Waals surface area contributed by atoms with E-state index in [-0.39, 0.29) is 17.3 Å². The molecule has 0 aromatic heterocycles. The molecule has 0 amide bonds. The van der Waals surface area contributed by atoms with Crippen LogP contribution in [0.4, 0.5) is 0 Å². The average molecular weight is 400 g/mol. The van der Waals surface area contributed by atoms with Gasteiger partial charge in [0.2, 0.25) is 0 Å². The van der Waals surface area contributed by atoms with Crippen LogP contribution in [0.15, 0.2) is 64.2 Å². The first-order chi connectivity index (χ1) is 13.6. The Hall–Kier alpha value is -2.64. The first-order valence-electron chi connectivity index (χ1n) is 9.25. The van der Waals surface area contributed by atoms with Gasteiger partial charge in [-0.1, -0.05) is 36.0 Å². The number of hydrazine groups is 1. The summed E-state index contributed by atoms with van der Waals surface area (Å²) in [7, 11) is 0. The van der Waals surface area contributed by atoms with Crippen LogP contribution in [0, 0.1) is 5.92 Å². The van der Waals surface area contributed by atoms with Crippen molar-refractivity contribution in [2.24, 2.45) is 17.5 Å². The summed E-state index contributed by atoms with van der Waals surface area (Å²) < 4.78 is 10.8. The van der Waals surface area contributed by atoms with Crippen molar-refractivity contribution in [1.82, 2.24) is 5.43 Å². The highest BCUT2D eigenvalue weighted by Gasteiger charge is 2.21. The lowest BCUT2D eigenvalue weighted by Crippen LogP contribution is -2.30. The van der Waals surface area contributed by atoms with Gasteiger partial charge < -0.3 is 20.6 Å². The van der Waals surface area contributed by atoms with Gasteiger partial charge in [0.25, 0.3) is 0 Å². The van der Waals surface area contributed by atoms with Crippen molar-refractivity contribution >= 4 is 17.7 Å². The number of carbonyl (C=O) groups excluding carboxylic acids is 1. The minimum Gasteiger partial charge on any atom is -0.493 e. The summed E-state index contributed by atoms with van der Waals surface area (Å²) in [6.45, 7) is 2.77. The van der Waals surface area contributed by atoms with E-state index in [9.17, 15) is 4.79 Å². The molecule has 148 valence electrons. The molecule has 2 aromatic rings. The van der Waals surface area contributed by atoms with Gasteiger partial charge in [-0.05, 0) is 61.1 Å². The standard InChI is InChI=1S/C21H25N3O3S/c1-2-26-21(25)19(24-23)20(22)28-18-10-8-15(9-11-18)16-4-3-5-17(12-16)27-13-14-6-7-14/h3-5,8-12,14,24H,2,6-7,13,22-23H2,1H3/b20-19+. The molecule has 0 aliphatic heterocycles. The van der Waals surface area contributed by atoms with Crippen LogP contribution in [-0.4, -0.2) is 19.2 Å². The second-order valence-electron chi connectivity index (χ2n) is 6.51. The summed E-state index contributed by atoms with van der Waals surface area (Å²) in [5, 5.41) is 0.254. The van der Waals surface area contributed by atoms with Gasteiger partial charge in [0.15, 0.2) is 5.70 Å². The van der Waals surface area contributed by atoms with Crippen molar-refractivity contribution in [1.29, 1.82) is 0 Å². The molecule has 0 radical (unpaired) electrons. The van der Waals surface area contributed by atoms with E-state index in [1.807, 2.05) is 36.4 Å². The molecule has 1 aliphatic carbocycles. The second-order valence-corrected chi connectivity index (χ2v) is 7.63. The van der Waals surface area contributed by atoms with Crippen LogP contribution >= 0.6 is 11.8 Å². The smallest absolute Gasteiger partial charge is 0.358 e. The topological polar surface area (TPSA) is 99.6 Å². The van der Waals surface area contributed by atoms with E-state index in [4.69, 9.17) is 21.1 Å². The summed E-state index contributed by atoms with van der Waals surface area (Å²) in [5.74, 6) is 6.45. The molecule has 3 rings (SSSR count). The predicted molar refractivity (Wildman–Crippen MR) is 111 cm³/mol. The van der Waals surface area contributed by atoms with Crippen LogP contribution in [0.1, 0.15) is 19.8 Å². The number of hydrogen-bond acceptors (Lipinski definition) is 7. The van der Waals surface area contributed by atoms with E-state index in [0.717, 1.165) is 34.3 Å². The fourth-order valence-electron chi connectivity index (χ4n) is 2.59. The van der Waals surface area contributed by atoms with E-state index in [1.165, 1.54) is 24.6 Å². The number of ether oxygens (including phenoxy) is 2. The van der Waals surface area contributed by atoms with Crippen molar-refractivity contribution in [2.75, 3.05) is 13.2 Å². The molecule has 0 bridgehead atoms. The number of hydrogen-bond donors (Lipinski definition) is 3. The third-order valence-corrected chi connectivity index (χ3v) is 5.23. The van der Waals surface area contributed by atoms with Crippen LogP contribution in [0.5, 0.6) is 5.75 Å². The number of carbonyl (C=O) groups is 1. The molecule has 2 aromatic carbocycles. The Morgan fingerprint density at radius 1 is 1.18 bits per heavy atom. The number of thioether (sulfide) groups is 1. The van der Waals surface area contributed by atoms with Gasteiger partial charge in [-0.3, -0.25) is 5.84 Å². The highest BCUT2D eigenvalue weighted by atomic mass is 32.2. The number of nitrogens with one attached hydrogen (secondary N) is 1. The second kappa shape index (κ2) is 9.52.